The van der Waals surface area contributed by atoms with Crippen molar-refractivity contribution in [2.45, 2.75) is 39.1 Å². The summed E-state index contributed by atoms with van der Waals surface area (Å²) in [5.41, 5.74) is 0. The van der Waals surface area contributed by atoms with Crippen LogP contribution >= 0.6 is 0 Å². The van der Waals surface area contributed by atoms with Crippen LogP contribution in [0.1, 0.15) is 20.8 Å². The minimum absolute atomic E-state index is 0.0392. The average Bonchev–Trinajstić information content (AvgIpc) is 2.15. The quantitative estimate of drug-likeness (QED) is 0.627. The summed E-state index contributed by atoms with van der Waals surface area (Å²) in [6, 6.07) is 0. The van der Waals surface area contributed by atoms with Crippen molar-refractivity contribution in [3.8, 4) is 0 Å². The second kappa shape index (κ2) is 7.62. The maximum Gasteiger partial charge on any atom is 0.335 e. The Hall–Kier alpha value is -0.650. The van der Waals surface area contributed by atoms with Crippen molar-refractivity contribution < 1.29 is 24.1 Å². The Morgan fingerprint density at radius 3 is 2.27 bits per heavy atom. The molecular formula is C10H20O5. The molecule has 0 aliphatic carbocycles. The van der Waals surface area contributed by atoms with Gasteiger partial charge in [0.15, 0.2) is 0 Å². The van der Waals surface area contributed by atoms with E-state index in [9.17, 15) is 4.79 Å². The number of hydrogen-bond donors (Lipinski definition) is 1. The highest BCUT2D eigenvalue weighted by Gasteiger charge is 2.15. The molecule has 1 N–H and O–H groups in total. The van der Waals surface area contributed by atoms with Gasteiger partial charge in [-0.2, -0.15) is 0 Å². The first-order valence-electron chi connectivity index (χ1n) is 4.96. The Morgan fingerprint density at radius 1 is 1.20 bits per heavy atom. The van der Waals surface area contributed by atoms with E-state index in [0.29, 0.717) is 13.2 Å². The molecule has 5 heteroatoms. The zero-order valence-electron chi connectivity index (χ0n) is 9.73. The Morgan fingerprint density at radius 2 is 1.80 bits per heavy atom. The summed E-state index contributed by atoms with van der Waals surface area (Å²) >= 11 is 0. The molecule has 90 valence electrons. The average molecular weight is 220 g/mol. The lowest BCUT2D eigenvalue weighted by molar-refractivity contribution is -0.161. The van der Waals surface area contributed by atoms with Crippen molar-refractivity contribution in [2.24, 2.45) is 0 Å². The highest BCUT2D eigenvalue weighted by molar-refractivity contribution is 5.73. The van der Waals surface area contributed by atoms with E-state index < -0.39 is 12.1 Å². The zero-order chi connectivity index (χ0) is 11.8. The molecule has 15 heavy (non-hydrogen) atoms. The molecule has 0 aromatic heterocycles. The number of esters is 1. The molecule has 0 saturated carbocycles. The topological polar surface area (TPSA) is 65.0 Å². The third-order valence-electron chi connectivity index (χ3n) is 1.68. The van der Waals surface area contributed by atoms with Crippen LogP contribution in [-0.4, -0.2) is 49.7 Å². The lowest BCUT2D eigenvalue weighted by Crippen LogP contribution is -2.29. The second-order valence-electron chi connectivity index (χ2n) is 3.52. The largest absolute Gasteiger partial charge is 0.458 e. The maximum atomic E-state index is 11.0. The molecular weight excluding hydrogens is 200 g/mol. The van der Waals surface area contributed by atoms with E-state index in [-0.39, 0.29) is 12.2 Å². The van der Waals surface area contributed by atoms with Crippen molar-refractivity contribution >= 4 is 5.97 Å². The molecule has 0 heterocycles. The van der Waals surface area contributed by atoms with Crippen molar-refractivity contribution in [1.82, 2.24) is 0 Å². The molecule has 3 atom stereocenters. The minimum Gasteiger partial charge on any atom is -0.458 e. The van der Waals surface area contributed by atoms with Crippen LogP contribution in [0.3, 0.4) is 0 Å². The SMILES string of the molecule is COCC(C)OCC(C)OC(=O)C(C)O. The summed E-state index contributed by atoms with van der Waals surface area (Å²) in [6.45, 7) is 5.73. The van der Waals surface area contributed by atoms with E-state index in [0.717, 1.165) is 0 Å². The van der Waals surface area contributed by atoms with Crippen LogP contribution in [0.2, 0.25) is 0 Å². The number of rotatable bonds is 7. The fraction of sp³-hybridized carbons (Fsp3) is 0.900. The molecule has 0 radical (unpaired) electrons. The van der Waals surface area contributed by atoms with E-state index in [1.54, 1.807) is 14.0 Å². The van der Waals surface area contributed by atoms with Gasteiger partial charge in [-0.25, -0.2) is 4.79 Å². The molecule has 0 spiro atoms. The van der Waals surface area contributed by atoms with E-state index >= 15 is 0 Å². The van der Waals surface area contributed by atoms with Gasteiger partial charge in [-0.05, 0) is 20.8 Å². The molecule has 0 saturated heterocycles. The van der Waals surface area contributed by atoms with Gasteiger partial charge in [0, 0.05) is 7.11 Å². The standard InChI is InChI=1S/C10H20O5/c1-7(5-13-4)14-6-8(2)15-10(12)9(3)11/h7-9,11H,5-6H2,1-4H3. The number of carbonyl (C=O) groups is 1. The van der Waals surface area contributed by atoms with Crippen molar-refractivity contribution in [1.29, 1.82) is 0 Å². The summed E-state index contributed by atoms with van der Waals surface area (Å²) < 4.78 is 15.1. The maximum absolute atomic E-state index is 11.0. The molecule has 3 unspecified atom stereocenters. The fourth-order valence-electron chi connectivity index (χ4n) is 0.913. The van der Waals surface area contributed by atoms with Crippen LogP contribution in [0, 0.1) is 0 Å². The monoisotopic (exact) mass is 220 g/mol. The first-order chi connectivity index (χ1) is 6.97. The minimum atomic E-state index is -1.09. The van der Waals surface area contributed by atoms with Crippen LogP contribution < -0.4 is 0 Å². The Bertz CT molecular complexity index is 181. The van der Waals surface area contributed by atoms with Crippen LogP contribution in [0.15, 0.2) is 0 Å². The number of aliphatic hydroxyl groups excluding tert-OH is 1. The Labute approximate surface area is 90.3 Å². The first-order valence-corrected chi connectivity index (χ1v) is 4.96. The molecule has 0 fully saturated rings. The fourth-order valence-corrected chi connectivity index (χ4v) is 0.913. The highest BCUT2D eigenvalue weighted by Crippen LogP contribution is 1.99. The zero-order valence-corrected chi connectivity index (χ0v) is 9.73. The summed E-state index contributed by atoms with van der Waals surface area (Å²) in [4.78, 5) is 11.0. The molecule has 0 aliphatic heterocycles. The number of methoxy groups -OCH3 is 1. The normalized spacial score (nSPS) is 16.9. The van der Waals surface area contributed by atoms with Gasteiger partial charge < -0.3 is 19.3 Å². The summed E-state index contributed by atoms with van der Waals surface area (Å²) in [5, 5.41) is 8.90. The molecule has 5 nitrogen and oxygen atoms in total. The third kappa shape index (κ3) is 7.30. The summed E-state index contributed by atoms with van der Waals surface area (Å²) in [7, 11) is 1.59. The van der Waals surface area contributed by atoms with Gasteiger partial charge in [0.2, 0.25) is 0 Å². The lowest BCUT2D eigenvalue weighted by atomic mass is 10.4. The van der Waals surface area contributed by atoms with Gasteiger partial charge in [-0.15, -0.1) is 0 Å². The third-order valence-corrected chi connectivity index (χ3v) is 1.68. The highest BCUT2D eigenvalue weighted by atomic mass is 16.6. The van der Waals surface area contributed by atoms with Gasteiger partial charge in [-0.1, -0.05) is 0 Å². The molecule has 0 rings (SSSR count). The van der Waals surface area contributed by atoms with Gasteiger partial charge in [-0.3, -0.25) is 0 Å². The molecule has 0 aromatic rings. The predicted molar refractivity (Wildman–Crippen MR) is 54.5 cm³/mol. The van der Waals surface area contributed by atoms with E-state index in [4.69, 9.17) is 19.3 Å². The number of carbonyl (C=O) groups excluding carboxylic acids is 1. The first kappa shape index (κ1) is 14.3. The van der Waals surface area contributed by atoms with Gasteiger partial charge in [0.05, 0.1) is 19.3 Å². The predicted octanol–water partition coefficient (Wildman–Crippen LogP) is 0.350. The van der Waals surface area contributed by atoms with Gasteiger partial charge in [0.1, 0.15) is 12.2 Å². The number of hydrogen-bond acceptors (Lipinski definition) is 5. The van der Waals surface area contributed by atoms with Crippen LogP contribution in [0.5, 0.6) is 0 Å². The number of aliphatic hydroxyl groups is 1. The van der Waals surface area contributed by atoms with Crippen LogP contribution in [0.25, 0.3) is 0 Å². The van der Waals surface area contributed by atoms with E-state index in [2.05, 4.69) is 0 Å². The van der Waals surface area contributed by atoms with Crippen LogP contribution in [-0.2, 0) is 19.0 Å². The summed E-state index contributed by atoms with van der Waals surface area (Å²) in [5.74, 6) is -0.634. The van der Waals surface area contributed by atoms with Crippen molar-refractivity contribution in [3.63, 3.8) is 0 Å². The molecule has 0 aliphatic rings. The van der Waals surface area contributed by atoms with Crippen molar-refractivity contribution in [2.75, 3.05) is 20.3 Å². The second-order valence-corrected chi connectivity index (χ2v) is 3.52. The van der Waals surface area contributed by atoms with Crippen molar-refractivity contribution in [3.05, 3.63) is 0 Å². The number of ether oxygens (including phenoxy) is 3. The molecule has 0 amide bonds. The van der Waals surface area contributed by atoms with Gasteiger partial charge >= 0.3 is 5.97 Å². The smallest absolute Gasteiger partial charge is 0.335 e. The van der Waals surface area contributed by atoms with Crippen LogP contribution in [0.4, 0.5) is 0 Å². The Balaban J connectivity index is 3.65. The Kier molecular flexibility index (Phi) is 7.29. The lowest BCUT2D eigenvalue weighted by Gasteiger charge is -2.17. The van der Waals surface area contributed by atoms with E-state index in [1.807, 2.05) is 6.92 Å². The molecule has 0 aromatic carbocycles. The van der Waals surface area contributed by atoms with Gasteiger partial charge in [0.25, 0.3) is 0 Å². The summed E-state index contributed by atoms with van der Waals surface area (Å²) in [6.07, 6.45) is -1.50. The van der Waals surface area contributed by atoms with E-state index in [1.165, 1.54) is 6.92 Å². The molecule has 0 bridgehead atoms.